The van der Waals surface area contributed by atoms with Gasteiger partial charge in [-0.2, -0.15) is 13.2 Å². The summed E-state index contributed by atoms with van der Waals surface area (Å²) in [5.41, 5.74) is 0.473. The van der Waals surface area contributed by atoms with Crippen LogP contribution in [0.3, 0.4) is 0 Å². The maximum Gasteiger partial charge on any atom is 0.416 e. The van der Waals surface area contributed by atoms with Gasteiger partial charge in [-0.05, 0) is 73.9 Å². The molecule has 0 aromatic heterocycles. The van der Waals surface area contributed by atoms with Crippen LogP contribution in [-0.2, 0) is 6.18 Å². The number of rotatable bonds is 3. The maximum atomic E-state index is 13.2. The van der Waals surface area contributed by atoms with Crippen LogP contribution in [0.2, 0.25) is 0 Å². The van der Waals surface area contributed by atoms with Crippen molar-refractivity contribution in [3.63, 3.8) is 0 Å². The molecule has 1 aliphatic heterocycles. The molecule has 4 nitrogen and oxygen atoms in total. The Morgan fingerprint density at radius 1 is 1.03 bits per heavy atom. The van der Waals surface area contributed by atoms with E-state index in [2.05, 4.69) is 26.6 Å². The van der Waals surface area contributed by atoms with Crippen LogP contribution in [0.4, 0.5) is 24.5 Å². The molecule has 2 aromatic rings. The highest BCUT2D eigenvalue weighted by molar-refractivity contribution is 9.10. The van der Waals surface area contributed by atoms with Crippen molar-refractivity contribution in [2.45, 2.75) is 25.4 Å². The highest BCUT2D eigenvalue weighted by Gasteiger charge is 2.31. The predicted molar refractivity (Wildman–Crippen MR) is 115 cm³/mol. The summed E-state index contributed by atoms with van der Waals surface area (Å²) in [6.45, 7) is 1.52. The number of hydrogen-bond donors (Lipinski definition) is 2. The van der Waals surface area contributed by atoms with Crippen LogP contribution < -0.4 is 15.5 Å². The normalized spacial score (nSPS) is 14.4. The van der Waals surface area contributed by atoms with Crippen LogP contribution in [0, 0.1) is 0 Å². The summed E-state index contributed by atoms with van der Waals surface area (Å²) >= 11 is 8.48. The van der Waals surface area contributed by atoms with E-state index in [1.54, 1.807) is 24.3 Å². The highest BCUT2D eigenvalue weighted by atomic mass is 79.9. The Bertz CT molecular complexity index is 897. The minimum absolute atomic E-state index is 0.0597. The Morgan fingerprint density at radius 3 is 2.31 bits per heavy atom. The van der Waals surface area contributed by atoms with E-state index in [-0.39, 0.29) is 10.8 Å². The smallest absolute Gasteiger partial charge is 0.370 e. The second-order valence-corrected chi connectivity index (χ2v) is 8.02. The lowest BCUT2D eigenvalue weighted by Crippen LogP contribution is -2.35. The quantitative estimate of drug-likeness (QED) is 0.556. The number of amides is 1. The number of thiocarbonyl (C=S) groups is 1. The molecule has 1 aliphatic rings. The van der Waals surface area contributed by atoms with Crippen LogP contribution in [0.15, 0.2) is 46.9 Å². The molecule has 0 aliphatic carbocycles. The van der Waals surface area contributed by atoms with E-state index in [4.69, 9.17) is 12.2 Å². The van der Waals surface area contributed by atoms with Gasteiger partial charge in [0.2, 0.25) is 0 Å². The minimum atomic E-state index is -4.47. The Kier molecular flexibility index (Phi) is 6.79. The molecule has 154 valence electrons. The molecule has 2 N–H and O–H groups in total. The van der Waals surface area contributed by atoms with Crippen molar-refractivity contribution in [2.75, 3.05) is 23.3 Å². The molecule has 1 heterocycles. The van der Waals surface area contributed by atoms with Crippen molar-refractivity contribution in [3.8, 4) is 0 Å². The van der Waals surface area contributed by atoms with E-state index in [1.165, 1.54) is 6.07 Å². The van der Waals surface area contributed by atoms with E-state index in [0.29, 0.717) is 11.3 Å². The molecule has 0 unspecified atom stereocenters. The van der Waals surface area contributed by atoms with Crippen molar-refractivity contribution in [1.29, 1.82) is 0 Å². The van der Waals surface area contributed by atoms with E-state index < -0.39 is 17.6 Å². The average Bonchev–Trinajstić information content (AvgIpc) is 2.68. The summed E-state index contributed by atoms with van der Waals surface area (Å²) in [7, 11) is 0. The van der Waals surface area contributed by atoms with Crippen LogP contribution in [0.1, 0.15) is 35.2 Å². The van der Waals surface area contributed by atoms with E-state index in [9.17, 15) is 18.0 Å². The second kappa shape index (κ2) is 9.13. The average molecular weight is 486 g/mol. The number of benzene rings is 2. The fraction of sp³-hybridized carbons (Fsp3) is 0.300. The number of anilines is 2. The number of nitrogens with one attached hydrogen (secondary N) is 2. The second-order valence-electron chi connectivity index (χ2n) is 6.69. The molecule has 0 atom stereocenters. The molecule has 3 rings (SSSR count). The van der Waals surface area contributed by atoms with Gasteiger partial charge in [0.25, 0.3) is 5.91 Å². The number of hydrogen-bond acceptors (Lipinski definition) is 3. The first-order valence-corrected chi connectivity index (χ1v) is 10.3. The van der Waals surface area contributed by atoms with Gasteiger partial charge >= 0.3 is 6.18 Å². The zero-order valence-corrected chi connectivity index (χ0v) is 17.8. The summed E-state index contributed by atoms with van der Waals surface area (Å²) in [5.74, 6) is -0.443. The molecular formula is C20H19BrF3N3OS. The van der Waals surface area contributed by atoms with Gasteiger partial charge in [-0.1, -0.05) is 15.9 Å². The zero-order valence-electron chi connectivity index (χ0n) is 15.4. The topological polar surface area (TPSA) is 44.4 Å². The van der Waals surface area contributed by atoms with Gasteiger partial charge in [-0.15, -0.1) is 0 Å². The highest BCUT2D eigenvalue weighted by Crippen LogP contribution is 2.36. The molecule has 0 saturated carbocycles. The first-order chi connectivity index (χ1) is 13.7. The van der Waals surface area contributed by atoms with E-state index >= 15 is 0 Å². The van der Waals surface area contributed by atoms with Crippen LogP contribution >= 0.6 is 28.1 Å². The van der Waals surface area contributed by atoms with Crippen molar-refractivity contribution in [1.82, 2.24) is 5.32 Å². The van der Waals surface area contributed by atoms with Gasteiger partial charge in [0.1, 0.15) is 0 Å². The zero-order chi connectivity index (χ0) is 21.0. The largest absolute Gasteiger partial charge is 0.416 e. The van der Waals surface area contributed by atoms with Crippen molar-refractivity contribution >= 4 is 50.5 Å². The number of carbonyl (C=O) groups excluding carboxylic acids is 1. The Morgan fingerprint density at radius 2 is 1.69 bits per heavy atom. The predicted octanol–water partition coefficient (Wildman–Crippen LogP) is 5.59. The Hall–Kier alpha value is -2.13. The molecule has 9 heteroatoms. The molecule has 1 fully saturated rings. The maximum absolute atomic E-state index is 13.2. The third-order valence-corrected chi connectivity index (χ3v) is 5.34. The molecule has 1 saturated heterocycles. The van der Waals surface area contributed by atoms with Crippen LogP contribution in [0.5, 0.6) is 0 Å². The van der Waals surface area contributed by atoms with Gasteiger partial charge in [0, 0.05) is 23.1 Å². The van der Waals surface area contributed by atoms with Gasteiger partial charge < -0.3 is 10.2 Å². The van der Waals surface area contributed by atoms with Gasteiger partial charge in [0.15, 0.2) is 5.11 Å². The first kappa shape index (κ1) is 21.6. The number of piperidine rings is 1. The molecule has 2 aromatic carbocycles. The summed E-state index contributed by atoms with van der Waals surface area (Å²) in [4.78, 5) is 14.4. The number of alkyl halides is 3. The molecule has 1 amide bonds. The number of nitrogens with zero attached hydrogens (tertiary/aromatic N) is 1. The first-order valence-electron chi connectivity index (χ1n) is 9.08. The minimum Gasteiger partial charge on any atom is -0.370 e. The standard InChI is InChI=1S/C20H19BrF3N3OS/c21-15-7-4-13(5-8-15)18(28)26-19(29)25-16-12-14(20(22,23)24)6-9-17(16)27-10-2-1-3-11-27/h4-9,12H,1-3,10-11H2,(H2,25,26,28,29). The fourth-order valence-electron chi connectivity index (χ4n) is 3.15. The van der Waals surface area contributed by atoms with Gasteiger partial charge in [-0.3, -0.25) is 10.1 Å². The van der Waals surface area contributed by atoms with Gasteiger partial charge in [0.05, 0.1) is 16.9 Å². The molecule has 0 bridgehead atoms. The van der Waals surface area contributed by atoms with Crippen molar-refractivity contribution in [2.24, 2.45) is 0 Å². The number of halogens is 4. The SMILES string of the molecule is O=C(NC(=S)Nc1cc(C(F)(F)F)ccc1N1CCCCC1)c1ccc(Br)cc1. The molecule has 29 heavy (non-hydrogen) atoms. The summed E-state index contributed by atoms with van der Waals surface area (Å²) < 4.78 is 40.4. The molecule has 0 spiro atoms. The Labute approximate surface area is 180 Å². The third kappa shape index (κ3) is 5.70. The summed E-state index contributed by atoms with van der Waals surface area (Å²) in [5, 5.41) is 5.24. The van der Waals surface area contributed by atoms with E-state index in [1.807, 2.05) is 4.90 Å². The third-order valence-electron chi connectivity index (χ3n) is 4.60. The molecule has 0 radical (unpaired) electrons. The fourth-order valence-corrected chi connectivity index (χ4v) is 3.62. The lowest BCUT2D eigenvalue weighted by atomic mass is 10.1. The van der Waals surface area contributed by atoms with Crippen LogP contribution in [-0.4, -0.2) is 24.1 Å². The Balaban J connectivity index is 1.80. The monoisotopic (exact) mass is 485 g/mol. The van der Waals surface area contributed by atoms with Crippen molar-refractivity contribution in [3.05, 3.63) is 58.1 Å². The van der Waals surface area contributed by atoms with Crippen molar-refractivity contribution < 1.29 is 18.0 Å². The summed E-state index contributed by atoms with van der Waals surface area (Å²) in [6.07, 6.45) is -1.42. The van der Waals surface area contributed by atoms with E-state index in [0.717, 1.165) is 49.0 Å². The lowest BCUT2D eigenvalue weighted by molar-refractivity contribution is -0.137. The van der Waals surface area contributed by atoms with Crippen LogP contribution in [0.25, 0.3) is 0 Å². The summed E-state index contributed by atoms with van der Waals surface area (Å²) in [6, 6.07) is 10.2. The van der Waals surface area contributed by atoms with Gasteiger partial charge in [-0.25, -0.2) is 0 Å². The lowest BCUT2D eigenvalue weighted by Gasteiger charge is -2.31. The number of carbonyl (C=O) groups is 1. The molecular weight excluding hydrogens is 467 g/mol.